The van der Waals surface area contributed by atoms with Crippen LogP contribution in [0, 0.1) is 6.92 Å². The highest BCUT2D eigenvalue weighted by Crippen LogP contribution is 2.22. The summed E-state index contributed by atoms with van der Waals surface area (Å²) >= 11 is 0. The first-order valence-corrected chi connectivity index (χ1v) is 9.60. The molecule has 1 aliphatic rings. The van der Waals surface area contributed by atoms with Gasteiger partial charge in [0.15, 0.2) is 5.96 Å². The largest absolute Gasteiger partial charge is 0.356 e. The number of benzene rings is 1. The van der Waals surface area contributed by atoms with Gasteiger partial charge in [0.25, 0.3) is 0 Å². The molecule has 1 heterocycles. The SMILES string of the molecule is CN=C(NCC(C)(C)c1ccc(C)cc1)NC1CCN(C(C)C)CC1.I. The molecule has 0 aliphatic carbocycles. The van der Waals surface area contributed by atoms with Crippen molar-refractivity contribution >= 4 is 29.9 Å². The van der Waals surface area contributed by atoms with Crippen molar-refractivity contribution in [2.75, 3.05) is 26.7 Å². The van der Waals surface area contributed by atoms with Crippen LogP contribution in [0.4, 0.5) is 0 Å². The Morgan fingerprint density at radius 3 is 2.27 bits per heavy atom. The van der Waals surface area contributed by atoms with E-state index < -0.39 is 0 Å². The summed E-state index contributed by atoms with van der Waals surface area (Å²) in [4.78, 5) is 6.98. The second-order valence-corrected chi connectivity index (χ2v) is 8.22. The second-order valence-electron chi connectivity index (χ2n) is 8.22. The van der Waals surface area contributed by atoms with Crippen molar-refractivity contribution in [2.45, 2.75) is 65.0 Å². The minimum Gasteiger partial charge on any atom is -0.356 e. The van der Waals surface area contributed by atoms with Gasteiger partial charge in [0.05, 0.1) is 0 Å². The van der Waals surface area contributed by atoms with E-state index in [1.165, 1.54) is 37.1 Å². The number of hydrogen-bond acceptors (Lipinski definition) is 2. The molecule has 1 fully saturated rings. The Kier molecular flexibility index (Phi) is 9.38. The zero-order valence-electron chi connectivity index (χ0n) is 17.3. The topological polar surface area (TPSA) is 39.7 Å². The highest BCUT2D eigenvalue weighted by atomic mass is 127. The van der Waals surface area contributed by atoms with E-state index in [9.17, 15) is 0 Å². The van der Waals surface area contributed by atoms with Gasteiger partial charge in [-0.05, 0) is 39.2 Å². The molecule has 2 N–H and O–H groups in total. The molecule has 148 valence electrons. The maximum atomic E-state index is 4.43. The van der Waals surface area contributed by atoms with Crippen molar-refractivity contribution in [3.63, 3.8) is 0 Å². The number of halogens is 1. The molecule has 1 aliphatic heterocycles. The van der Waals surface area contributed by atoms with Crippen molar-refractivity contribution in [1.82, 2.24) is 15.5 Å². The molecule has 4 nitrogen and oxygen atoms in total. The quantitative estimate of drug-likeness (QED) is 0.388. The Labute approximate surface area is 177 Å². The van der Waals surface area contributed by atoms with Crippen LogP contribution in [-0.4, -0.2) is 49.6 Å². The molecule has 0 saturated carbocycles. The van der Waals surface area contributed by atoms with Crippen molar-refractivity contribution in [1.29, 1.82) is 0 Å². The maximum absolute atomic E-state index is 4.43. The number of rotatable bonds is 5. The zero-order valence-corrected chi connectivity index (χ0v) is 19.6. The molecule has 0 amide bonds. The average Bonchev–Trinajstić information content (AvgIpc) is 2.59. The van der Waals surface area contributed by atoms with E-state index in [1.54, 1.807) is 0 Å². The van der Waals surface area contributed by atoms with Crippen LogP contribution in [0.2, 0.25) is 0 Å². The van der Waals surface area contributed by atoms with Gasteiger partial charge in [0, 0.05) is 44.2 Å². The molecule has 0 unspecified atom stereocenters. The van der Waals surface area contributed by atoms with Crippen LogP contribution in [0.25, 0.3) is 0 Å². The van der Waals surface area contributed by atoms with Crippen LogP contribution in [0.5, 0.6) is 0 Å². The van der Waals surface area contributed by atoms with Gasteiger partial charge in [-0.15, -0.1) is 24.0 Å². The highest BCUT2D eigenvalue weighted by molar-refractivity contribution is 14.0. The number of hydrogen-bond donors (Lipinski definition) is 2. The maximum Gasteiger partial charge on any atom is 0.191 e. The number of aryl methyl sites for hydroxylation is 1. The predicted molar refractivity (Wildman–Crippen MR) is 124 cm³/mol. The van der Waals surface area contributed by atoms with Crippen LogP contribution in [0.1, 0.15) is 51.7 Å². The summed E-state index contributed by atoms with van der Waals surface area (Å²) in [5, 5.41) is 7.14. The van der Waals surface area contributed by atoms with Gasteiger partial charge in [0.2, 0.25) is 0 Å². The van der Waals surface area contributed by atoms with E-state index in [2.05, 4.69) is 79.4 Å². The van der Waals surface area contributed by atoms with Crippen LogP contribution < -0.4 is 10.6 Å². The van der Waals surface area contributed by atoms with Gasteiger partial charge >= 0.3 is 0 Å². The minimum absolute atomic E-state index is 0. The second kappa shape index (κ2) is 10.5. The number of piperidine rings is 1. The Morgan fingerprint density at radius 2 is 1.77 bits per heavy atom. The lowest BCUT2D eigenvalue weighted by Gasteiger charge is -2.35. The standard InChI is InChI=1S/C21H36N4.HI/c1-16(2)25-13-11-19(12-14-25)24-20(22-6)23-15-21(4,5)18-9-7-17(3)8-10-18;/h7-10,16,19H,11-15H2,1-6H3,(H2,22,23,24);1H. The monoisotopic (exact) mass is 472 g/mol. The summed E-state index contributed by atoms with van der Waals surface area (Å²) in [5.41, 5.74) is 2.72. The third-order valence-electron chi connectivity index (χ3n) is 5.36. The third-order valence-corrected chi connectivity index (χ3v) is 5.36. The number of guanidine groups is 1. The van der Waals surface area contributed by atoms with Gasteiger partial charge in [-0.25, -0.2) is 0 Å². The summed E-state index contributed by atoms with van der Waals surface area (Å²) in [6, 6.07) is 10.0. The van der Waals surface area contributed by atoms with Crippen LogP contribution in [0.15, 0.2) is 29.3 Å². The van der Waals surface area contributed by atoms with E-state index in [4.69, 9.17) is 0 Å². The van der Waals surface area contributed by atoms with Crippen molar-refractivity contribution in [3.8, 4) is 0 Å². The summed E-state index contributed by atoms with van der Waals surface area (Å²) in [6.45, 7) is 14.4. The fourth-order valence-corrected chi connectivity index (χ4v) is 3.36. The van der Waals surface area contributed by atoms with E-state index in [-0.39, 0.29) is 29.4 Å². The third kappa shape index (κ3) is 6.72. The molecule has 2 rings (SSSR count). The Balaban J connectivity index is 0.00000338. The normalized spacial score (nSPS) is 17.1. The molecule has 1 aromatic carbocycles. The first kappa shape index (κ1) is 23.2. The smallest absolute Gasteiger partial charge is 0.191 e. The molecule has 1 aromatic rings. The van der Waals surface area contributed by atoms with Gasteiger partial charge in [0.1, 0.15) is 0 Å². The number of nitrogens with one attached hydrogen (secondary N) is 2. The Bertz CT molecular complexity index is 558. The zero-order chi connectivity index (χ0) is 18.4. The lowest BCUT2D eigenvalue weighted by atomic mass is 9.84. The molecule has 5 heteroatoms. The van der Waals surface area contributed by atoms with E-state index in [0.29, 0.717) is 12.1 Å². The molecule has 0 bridgehead atoms. The molecular formula is C21H37IN4. The van der Waals surface area contributed by atoms with Crippen LogP contribution in [-0.2, 0) is 5.41 Å². The van der Waals surface area contributed by atoms with E-state index >= 15 is 0 Å². The van der Waals surface area contributed by atoms with Gasteiger partial charge < -0.3 is 15.5 Å². The molecule has 0 atom stereocenters. The Morgan fingerprint density at radius 1 is 1.19 bits per heavy atom. The summed E-state index contributed by atoms with van der Waals surface area (Å²) in [7, 11) is 1.86. The molecule has 26 heavy (non-hydrogen) atoms. The predicted octanol–water partition coefficient (Wildman–Crippen LogP) is 3.93. The molecular weight excluding hydrogens is 435 g/mol. The molecule has 0 radical (unpaired) electrons. The molecule has 0 spiro atoms. The first-order valence-electron chi connectivity index (χ1n) is 9.60. The molecule has 0 aromatic heterocycles. The Hall–Kier alpha value is -0.820. The minimum atomic E-state index is 0. The van der Waals surface area contributed by atoms with Gasteiger partial charge in [-0.3, -0.25) is 4.99 Å². The number of aliphatic imine (C=N–C) groups is 1. The number of nitrogens with zero attached hydrogens (tertiary/aromatic N) is 2. The summed E-state index contributed by atoms with van der Waals surface area (Å²) in [6.07, 6.45) is 2.36. The van der Waals surface area contributed by atoms with E-state index in [1.807, 2.05) is 7.05 Å². The molecule has 1 saturated heterocycles. The lowest BCUT2D eigenvalue weighted by Crippen LogP contribution is -2.51. The summed E-state index contributed by atoms with van der Waals surface area (Å²) in [5.74, 6) is 0.920. The van der Waals surface area contributed by atoms with Crippen molar-refractivity contribution < 1.29 is 0 Å². The average molecular weight is 472 g/mol. The first-order chi connectivity index (χ1) is 11.8. The van der Waals surface area contributed by atoms with Crippen molar-refractivity contribution in [2.24, 2.45) is 4.99 Å². The number of likely N-dealkylation sites (tertiary alicyclic amines) is 1. The van der Waals surface area contributed by atoms with E-state index in [0.717, 1.165) is 12.5 Å². The fraction of sp³-hybridized carbons (Fsp3) is 0.667. The van der Waals surface area contributed by atoms with Gasteiger partial charge in [-0.1, -0.05) is 43.7 Å². The van der Waals surface area contributed by atoms with Crippen LogP contribution in [0.3, 0.4) is 0 Å². The van der Waals surface area contributed by atoms with Gasteiger partial charge in [-0.2, -0.15) is 0 Å². The highest BCUT2D eigenvalue weighted by Gasteiger charge is 2.23. The lowest BCUT2D eigenvalue weighted by molar-refractivity contribution is 0.167. The fourth-order valence-electron chi connectivity index (χ4n) is 3.36. The van der Waals surface area contributed by atoms with Crippen molar-refractivity contribution in [3.05, 3.63) is 35.4 Å². The van der Waals surface area contributed by atoms with Crippen LogP contribution >= 0.6 is 24.0 Å². The summed E-state index contributed by atoms with van der Waals surface area (Å²) < 4.78 is 0.